The van der Waals surface area contributed by atoms with Gasteiger partial charge in [0.2, 0.25) is 11.7 Å². The number of aryl methyl sites for hydroxylation is 2. The third-order valence-electron chi connectivity index (χ3n) is 4.39. The number of hydrogen-bond acceptors (Lipinski definition) is 5. The van der Waals surface area contributed by atoms with Gasteiger partial charge in [0.1, 0.15) is 17.4 Å². The molecule has 136 valence electrons. The summed E-state index contributed by atoms with van der Waals surface area (Å²) in [6, 6.07) is 6.91. The van der Waals surface area contributed by atoms with E-state index in [2.05, 4.69) is 0 Å². The van der Waals surface area contributed by atoms with Gasteiger partial charge < -0.3 is 9.84 Å². The van der Waals surface area contributed by atoms with Gasteiger partial charge >= 0.3 is 0 Å². The summed E-state index contributed by atoms with van der Waals surface area (Å²) in [7, 11) is 0. The number of aromatic hydroxyl groups is 1. The van der Waals surface area contributed by atoms with Gasteiger partial charge in [0.25, 0.3) is 5.56 Å². The van der Waals surface area contributed by atoms with E-state index in [1.54, 1.807) is 19.9 Å². The monoisotopic (exact) mass is 354 g/mol. The first kappa shape index (κ1) is 19.3. The molecule has 0 aliphatic rings. The summed E-state index contributed by atoms with van der Waals surface area (Å²) in [5, 5.41) is 19.7. The minimum absolute atomic E-state index is 0.0568. The van der Waals surface area contributed by atoms with Crippen molar-refractivity contribution in [2.24, 2.45) is 0 Å². The van der Waals surface area contributed by atoms with E-state index in [-0.39, 0.29) is 23.3 Å². The van der Waals surface area contributed by atoms with Crippen LogP contribution in [-0.2, 0) is 0 Å². The van der Waals surface area contributed by atoms with Gasteiger partial charge in [-0.3, -0.25) is 14.2 Å². The van der Waals surface area contributed by atoms with Crippen LogP contribution in [0.2, 0.25) is 0 Å². The van der Waals surface area contributed by atoms with Crippen LogP contribution in [0, 0.1) is 32.1 Å². The van der Waals surface area contributed by atoms with Crippen LogP contribution in [0.4, 0.5) is 0 Å². The summed E-state index contributed by atoms with van der Waals surface area (Å²) in [4.78, 5) is 25.0. The van der Waals surface area contributed by atoms with E-state index >= 15 is 0 Å². The van der Waals surface area contributed by atoms with Crippen molar-refractivity contribution in [1.82, 2.24) is 4.57 Å². The van der Waals surface area contributed by atoms with Gasteiger partial charge in [-0.05, 0) is 63.4 Å². The summed E-state index contributed by atoms with van der Waals surface area (Å²) in [5.41, 5.74) is 1.50. The molecule has 2 rings (SSSR count). The maximum absolute atomic E-state index is 12.7. The lowest BCUT2D eigenvalue weighted by Gasteiger charge is -2.18. The van der Waals surface area contributed by atoms with Crippen molar-refractivity contribution in [2.75, 3.05) is 6.61 Å². The number of benzene rings is 1. The maximum Gasteiger partial charge on any atom is 0.271 e. The summed E-state index contributed by atoms with van der Waals surface area (Å²) in [6.45, 7) is 8.47. The van der Waals surface area contributed by atoms with Crippen molar-refractivity contribution in [3.05, 3.63) is 56.4 Å². The van der Waals surface area contributed by atoms with Crippen LogP contribution in [0.1, 0.15) is 52.5 Å². The van der Waals surface area contributed by atoms with Crippen molar-refractivity contribution >= 4 is 5.78 Å². The Morgan fingerprint density at radius 3 is 2.46 bits per heavy atom. The molecule has 1 aromatic heterocycles. The lowest BCUT2D eigenvalue weighted by molar-refractivity contribution is 0.0916. The van der Waals surface area contributed by atoms with E-state index in [0.717, 1.165) is 15.7 Å². The molecule has 0 aliphatic heterocycles. The number of ketones is 1. The van der Waals surface area contributed by atoms with Crippen LogP contribution < -0.4 is 10.3 Å². The number of hydrogen-bond donors (Lipinski definition) is 1. The van der Waals surface area contributed by atoms with Gasteiger partial charge in [-0.2, -0.15) is 5.26 Å². The Balaban J connectivity index is 2.42. The zero-order valence-electron chi connectivity index (χ0n) is 15.6. The van der Waals surface area contributed by atoms with E-state index < -0.39 is 23.3 Å². The minimum Gasteiger partial charge on any atom is -0.494 e. The zero-order valence-corrected chi connectivity index (χ0v) is 15.6. The molecule has 1 aromatic carbocycles. The summed E-state index contributed by atoms with van der Waals surface area (Å²) in [6.07, 6.45) is 0. The molecule has 1 N–H and O–H groups in total. The summed E-state index contributed by atoms with van der Waals surface area (Å²) in [5.74, 6) is -0.393. The van der Waals surface area contributed by atoms with Gasteiger partial charge in [-0.25, -0.2) is 0 Å². The normalized spacial score (nSPS) is 10.7. The van der Waals surface area contributed by atoms with Gasteiger partial charge in [0, 0.05) is 6.04 Å². The first-order valence-corrected chi connectivity index (χ1v) is 8.30. The number of aromatic nitrogens is 1. The first-order valence-electron chi connectivity index (χ1n) is 8.30. The van der Waals surface area contributed by atoms with Crippen molar-refractivity contribution in [2.45, 2.75) is 40.7 Å². The van der Waals surface area contributed by atoms with Crippen LogP contribution in [0.15, 0.2) is 23.0 Å². The van der Waals surface area contributed by atoms with E-state index in [9.17, 15) is 20.0 Å². The number of rotatable bonds is 5. The Morgan fingerprint density at radius 1 is 1.27 bits per heavy atom. The Labute approximate surface area is 152 Å². The predicted molar refractivity (Wildman–Crippen MR) is 97.9 cm³/mol. The minimum atomic E-state index is -0.607. The van der Waals surface area contributed by atoms with Crippen molar-refractivity contribution in [3.63, 3.8) is 0 Å². The van der Waals surface area contributed by atoms with Gasteiger partial charge in [0.15, 0.2) is 6.61 Å². The molecule has 0 saturated carbocycles. The molecule has 0 atom stereocenters. The molecule has 26 heavy (non-hydrogen) atoms. The van der Waals surface area contributed by atoms with Gasteiger partial charge in [0.05, 0.1) is 5.56 Å². The standard InChI is InChI=1S/C20H22N2O4/c1-11(2)22-19(24)16(9-21)14(5)18(20(22)25)17(23)10-26-15-7-6-12(3)13(4)8-15/h6-8,11,25H,10H2,1-5H3. The van der Waals surface area contributed by atoms with Crippen molar-refractivity contribution < 1.29 is 14.6 Å². The molecule has 0 amide bonds. The van der Waals surface area contributed by atoms with E-state index in [0.29, 0.717) is 5.75 Å². The molecule has 0 spiro atoms. The predicted octanol–water partition coefficient (Wildman–Crippen LogP) is 3.19. The topological polar surface area (TPSA) is 92.3 Å². The Bertz CT molecular complexity index is 965. The van der Waals surface area contributed by atoms with Crippen molar-refractivity contribution in [1.29, 1.82) is 5.26 Å². The number of nitriles is 1. The third-order valence-corrected chi connectivity index (χ3v) is 4.39. The summed E-state index contributed by atoms with van der Waals surface area (Å²) < 4.78 is 6.59. The number of carbonyl (C=O) groups excluding carboxylic acids is 1. The number of pyridine rings is 1. The molecular weight excluding hydrogens is 332 g/mol. The molecule has 6 heteroatoms. The molecule has 6 nitrogen and oxygen atoms in total. The third kappa shape index (κ3) is 3.47. The Morgan fingerprint density at radius 2 is 1.92 bits per heavy atom. The molecule has 0 unspecified atom stereocenters. The fourth-order valence-corrected chi connectivity index (χ4v) is 2.76. The molecule has 0 bridgehead atoms. The lowest BCUT2D eigenvalue weighted by Crippen LogP contribution is -2.28. The van der Waals surface area contributed by atoms with E-state index in [4.69, 9.17) is 4.74 Å². The molecule has 0 fully saturated rings. The maximum atomic E-state index is 12.7. The zero-order chi connectivity index (χ0) is 19.6. The molecule has 0 aliphatic carbocycles. The molecule has 2 aromatic rings. The highest BCUT2D eigenvalue weighted by Gasteiger charge is 2.25. The highest BCUT2D eigenvalue weighted by molar-refractivity contribution is 6.01. The first-order chi connectivity index (χ1) is 12.2. The average molecular weight is 354 g/mol. The van der Waals surface area contributed by atoms with Gasteiger partial charge in [-0.1, -0.05) is 6.07 Å². The van der Waals surface area contributed by atoms with Crippen LogP contribution in [-0.4, -0.2) is 22.1 Å². The largest absolute Gasteiger partial charge is 0.494 e. The summed E-state index contributed by atoms with van der Waals surface area (Å²) >= 11 is 0. The fourth-order valence-electron chi connectivity index (χ4n) is 2.76. The fraction of sp³-hybridized carbons (Fsp3) is 0.350. The van der Waals surface area contributed by atoms with Crippen LogP contribution in [0.3, 0.4) is 0 Å². The van der Waals surface area contributed by atoms with Crippen LogP contribution >= 0.6 is 0 Å². The number of carbonyl (C=O) groups is 1. The molecular formula is C20H22N2O4. The average Bonchev–Trinajstić information content (AvgIpc) is 2.55. The Hall–Kier alpha value is -3.07. The Kier molecular flexibility index (Phi) is 5.51. The second-order valence-corrected chi connectivity index (χ2v) is 6.54. The number of ether oxygens (including phenoxy) is 1. The number of Topliss-reactive ketones (excluding diaryl/α,β-unsaturated/α-hetero) is 1. The SMILES string of the molecule is Cc1ccc(OCC(=O)c2c(C)c(C#N)c(=O)n(C(C)C)c2O)cc1C. The van der Waals surface area contributed by atoms with Gasteiger partial charge in [-0.15, -0.1) is 0 Å². The molecule has 0 radical (unpaired) electrons. The van der Waals surface area contributed by atoms with E-state index in [1.165, 1.54) is 6.92 Å². The smallest absolute Gasteiger partial charge is 0.271 e. The highest BCUT2D eigenvalue weighted by Crippen LogP contribution is 2.25. The lowest BCUT2D eigenvalue weighted by atomic mass is 10.0. The van der Waals surface area contributed by atoms with Crippen molar-refractivity contribution in [3.8, 4) is 17.7 Å². The molecule has 1 heterocycles. The van der Waals surface area contributed by atoms with E-state index in [1.807, 2.05) is 32.0 Å². The second-order valence-electron chi connectivity index (χ2n) is 6.54. The molecule has 0 saturated heterocycles. The van der Waals surface area contributed by atoms with Crippen LogP contribution in [0.25, 0.3) is 0 Å². The highest BCUT2D eigenvalue weighted by atomic mass is 16.5. The number of nitrogens with zero attached hydrogens (tertiary/aromatic N) is 2. The second kappa shape index (κ2) is 7.44. The quantitative estimate of drug-likeness (QED) is 0.833. The van der Waals surface area contributed by atoms with Crippen LogP contribution in [0.5, 0.6) is 11.6 Å².